The van der Waals surface area contributed by atoms with Crippen molar-refractivity contribution in [3.63, 3.8) is 0 Å². The van der Waals surface area contributed by atoms with E-state index in [1.54, 1.807) is 6.20 Å². The molecule has 1 aromatic carbocycles. The van der Waals surface area contributed by atoms with Gasteiger partial charge in [0.1, 0.15) is 0 Å². The van der Waals surface area contributed by atoms with Crippen molar-refractivity contribution >= 4 is 5.91 Å². The second-order valence-corrected chi connectivity index (χ2v) is 6.73. The standard InChI is InChI=1S/C19H24N4O2/c24-19(16-7-4-8-20-16)23-11-9-22(10-12-23)14-18-21-13-17(25-18)15-5-2-1-3-6-15/h1-3,5-6,13,16,20H,4,7-12,14H2. The molecule has 0 radical (unpaired) electrons. The Labute approximate surface area is 147 Å². The Bertz CT molecular complexity index is 701. The van der Waals surface area contributed by atoms with Crippen LogP contribution >= 0.6 is 0 Å². The molecule has 0 saturated carbocycles. The first-order valence-electron chi connectivity index (χ1n) is 9.04. The molecule has 6 nitrogen and oxygen atoms in total. The van der Waals surface area contributed by atoms with Gasteiger partial charge in [-0.25, -0.2) is 4.98 Å². The molecule has 2 aliphatic rings. The van der Waals surface area contributed by atoms with E-state index in [4.69, 9.17) is 4.42 Å². The molecule has 0 bridgehead atoms. The third kappa shape index (κ3) is 3.75. The van der Waals surface area contributed by atoms with Gasteiger partial charge in [0.2, 0.25) is 11.8 Å². The van der Waals surface area contributed by atoms with Gasteiger partial charge in [0, 0.05) is 31.7 Å². The Balaban J connectivity index is 1.30. The van der Waals surface area contributed by atoms with E-state index in [2.05, 4.69) is 15.2 Å². The number of rotatable bonds is 4. The van der Waals surface area contributed by atoms with Gasteiger partial charge in [0.15, 0.2) is 5.76 Å². The average molecular weight is 340 g/mol. The lowest BCUT2D eigenvalue weighted by Crippen LogP contribution is -2.52. The van der Waals surface area contributed by atoms with Gasteiger partial charge in [-0.3, -0.25) is 9.69 Å². The van der Waals surface area contributed by atoms with Gasteiger partial charge >= 0.3 is 0 Å². The van der Waals surface area contributed by atoms with Crippen LogP contribution in [0.25, 0.3) is 11.3 Å². The molecule has 2 aromatic rings. The van der Waals surface area contributed by atoms with Crippen LogP contribution in [0, 0.1) is 0 Å². The van der Waals surface area contributed by atoms with E-state index < -0.39 is 0 Å². The van der Waals surface area contributed by atoms with Crippen molar-refractivity contribution in [1.29, 1.82) is 0 Å². The number of aromatic nitrogens is 1. The lowest BCUT2D eigenvalue weighted by Gasteiger charge is -2.35. The molecular weight excluding hydrogens is 316 g/mol. The first kappa shape index (κ1) is 16.3. The zero-order valence-corrected chi connectivity index (χ0v) is 14.4. The predicted molar refractivity (Wildman–Crippen MR) is 94.8 cm³/mol. The maximum absolute atomic E-state index is 12.4. The molecule has 4 rings (SSSR count). The Morgan fingerprint density at radius 1 is 1.20 bits per heavy atom. The predicted octanol–water partition coefficient (Wildman–Crippen LogP) is 1.74. The largest absolute Gasteiger partial charge is 0.439 e. The Morgan fingerprint density at radius 3 is 2.72 bits per heavy atom. The highest BCUT2D eigenvalue weighted by atomic mass is 16.4. The molecule has 132 valence electrons. The average Bonchev–Trinajstić information content (AvgIpc) is 3.35. The first-order valence-corrected chi connectivity index (χ1v) is 9.04. The fourth-order valence-electron chi connectivity index (χ4n) is 3.55. The smallest absolute Gasteiger partial charge is 0.239 e. The molecule has 0 aliphatic carbocycles. The number of nitrogens with one attached hydrogen (secondary N) is 1. The molecule has 0 spiro atoms. The Hall–Kier alpha value is -2.18. The van der Waals surface area contributed by atoms with Crippen LogP contribution in [0.2, 0.25) is 0 Å². The van der Waals surface area contributed by atoms with Crippen LogP contribution in [0.1, 0.15) is 18.7 Å². The van der Waals surface area contributed by atoms with Crippen molar-refractivity contribution in [3.8, 4) is 11.3 Å². The van der Waals surface area contributed by atoms with Gasteiger partial charge in [-0.05, 0) is 19.4 Å². The summed E-state index contributed by atoms with van der Waals surface area (Å²) in [6, 6.07) is 10.0. The second kappa shape index (κ2) is 7.37. The van der Waals surface area contributed by atoms with Gasteiger partial charge < -0.3 is 14.6 Å². The summed E-state index contributed by atoms with van der Waals surface area (Å²) in [5.41, 5.74) is 1.04. The number of amides is 1. The summed E-state index contributed by atoms with van der Waals surface area (Å²) < 4.78 is 5.88. The molecule has 1 amide bonds. The van der Waals surface area contributed by atoms with Crippen molar-refractivity contribution < 1.29 is 9.21 Å². The van der Waals surface area contributed by atoms with Crippen LogP contribution in [-0.4, -0.2) is 59.5 Å². The number of nitrogens with zero attached hydrogens (tertiary/aromatic N) is 3. The van der Waals surface area contributed by atoms with Crippen LogP contribution in [0.4, 0.5) is 0 Å². The molecule has 1 unspecified atom stereocenters. The van der Waals surface area contributed by atoms with E-state index in [0.717, 1.165) is 62.8 Å². The highest BCUT2D eigenvalue weighted by molar-refractivity contribution is 5.82. The molecule has 1 atom stereocenters. The topological polar surface area (TPSA) is 61.6 Å². The minimum atomic E-state index is 0.0340. The summed E-state index contributed by atoms with van der Waals surface area (Å²) in [4.78, 5) is 21.1. The summed E-state index contributed by atoms with van der Waals surface area (Å²) >= 11 is 0. The van der Waals surface area contributed by atoms with Gasteiger partial charge in [0.25, 0.3) is 0 Å². The SMILES string of the molecule is O=C(C1CCCN1)N1CCN(Cc2ncc(-c3ccccc3)o2)CC1. The quantitative estimate of drug-likeness (QED) is 0.919. The minimum Gasteiger partial charge on any atom is -0.439 e. The fraction of sp³-hybridized carbons (Fsp3) is 0.474. The minimum absolute atomic E-state index is 0.0340. The lowest BCUT2D eigenvalue weighted by molar-refractivity contribution is -0.134. The zero-order chi connectivity index (χ0) is 17.1. The van der Waals surface area contributed by atoms with E-state index in [9.17, 15) is 4.79 Å². The summed E-state index contributed by atoms with van der Waals surface area (Å²) in [6.45, 7) is 4.94. The van der Waals surface area contributed by atoms with Crippen molar-refractivity contribution in [1.82, 2.24) is 20.1 Å². The number of oxazole rings is 1. The maximum atomic E-state index is 12.4. The summed E-state index contributed by atoms with van der Waals surface area (Å²) in [7, 11) is 0. The van der Waals surface area contributed by atoms with Crippen molar-refractivity contribution in [3.05, 3.63) is 42.4 Å². The maximum Gasteiger partial charge on any atom is 0.239 e. The zero-order valence-electron chi connectivity index (χ0n) is 14.4. The van der Waals surface area contributed by atoms with E-state index in [-0.39, 0.29) is 11.9 Å². The van der Waals surface area contributed by atoms with Gasteiger partial charge in [-0.2, -0.15) is 0 Å². The highest BCUT2D eigenvalue weighted by Gasteiger charge is 2.29. The van der Waals surface area contributed by atoms with E-state index in [1.807, 2.05) is 35.2 Å². The monoisotopic (exact) mass is 340 g/mol. The highest BCUT2D eigenvalue weighted by Crippen LogP contribution is 2.21. The molecule has 1 aromatic heterocycles. The molecule has 3 heterocycles. The van der Waals surface area contributed by atoms with Crippen LogP contribution in [0.15, 0.2) is 40.9 Å². The molecular formula is C19H24N4O2. The number of carbonyl (C=O) groups excluding carboxylic acids is 1. The summed E-state index contributed by atoms with van der Waals surface area (Å²) in [6.07, 6.45) is 3.86. The fourth-order valence-corrected chi connectivity index (χ4v) is 3.55. The molecule has 6 heteroatoms. The van der Waals surface area contributed by atoms with Crippen LogP contribution in [0.3, 0.4) is 0 Å². The van der Waals surface area contributed by atoms with E-state index in [0.29, 0.717) is 6.54 Å². The van der Waals surface area contributed by atoms with E-state index >= 15 is 0 Å². The van der Waals surface area contributed by atoms with Gasteiger partial charge in [0.05, 0.1) is 18.8 Å². The molecule has 1 N–H and O–H groups in total. The van der Waals surface area contributed by atoms with Gasteiger partial charge in [-0.15, -0.1) is 0 Å². The first-order chi connectivity index (χ1) is 12.3. The third-order valence-corrected chi connectivity index (χ3v) is 5.01. The number of carbonyl (C=O) groups is 1. The van der Waals surface area contributed by atoms with Crippen LogP contribution in [0.5, 0.6) is 0 Å². The van der Waals surface area contributed by atoms with Crippen LogP contribution in [-0.2, 0) is 11.3 Å². The molecule has 25 heavy (non-hydrogen) atoms. The van der Waals surface area contributed by atoms with Gasteiger partial charge in [-0.1, -0.05) is 30.3 Å². The molecule has 2 saturated heterocycles. The van der Waals surface area contributed by atoms with Crippen LogP contribution < -0.4 is 5.32 Å². The van der Waals surface area contributed by atoms with Crippen molar-refractivity contribution in [2.75, 3.05) is 32.7 Å². The summed E-state index contributed by atoms with van der Waals surface area (Å²) in [5, 5.41) is 3.29. The Kier molecular flexibility index (Phi) is 4.81. The Morgan fingerprint density at radius 2 is 2.00 bits per heavy atom. The van der Waals surface area contributed by atoms with Crippen molar-refractivity contribution in [2.45, 2.75) is 25.4 Å². The molecule has 2 aliphatic heterocycles. The normalized spacial score (nSPS) is 21.6. The number of hydrogen-bond donors (Lipinski definition) is 1. The van der Waals surface area contributed by atoms with E-state index in [1.165, 1.54) is 0 Å². The number of piperazine rings is 1. The lowest BCUT2D eigenvalue weighted by atomic mass is 10.2. The third-order valence-electron chi connectivity index (χ3n) is 5.01. The second-order valence-electron chi connectivity index (χ2n) is 6.73. The number of hydrogen-bond acceptors (Lipinski definition) is 5. The number of benzene rings is 1. The summed E-state index contributed by atoms with van der Waals surface area (Å²) in [5.74, 6) is 1.80. The molecule has 2 fully saturated rings. The van der Waals surface area contributed by atoms with Crippen molar-refractivity contribution in [2.24, 2.45) is 0 Å².